The Bertz CT molecular complexity index is 1020. The molecule has 154 valence electrons. The van der Waals surface area contributed by atoms with Gasteiger partial charge in [-0.2, -0.15) is 0 Å². The first kappa shape index (κ1) is 19.8. The second-order valence-corrected chi connectivity index (χ2v) is 6.86. The van der Waals surface area contributed by atoms with Gasteiger partial charge in [0.1, 0.15) is 18.0 Å². The molecule has 2 aromatic carbocycles. The molecule has 8 heteroatoms. The molecule has 0 saturated carbocycles. The van der Waals surface area contributed by atoms with Crippen LogP contribution in [0.15, 0.2) is 60.9 Å². The first-order valence-electron chi connectivity index (χ1n) is 9.58. The SMILES string of the molecule is O=C(COc1ccccc1F)N1CCN(c2cc(-c3ccc(F)cc3)ncn2)CC1. The van der Waals surface area contributed by atoms with Crippen molar-refractivity contribution in [3.8, 4) is 17.0 Å². The lowest BCUT2D eigenvalue weighted by atomic mass is 10.1. The summed E-state index contributed by atoms with van der Waals surface area (Å²) in [5.41, 5.74) is 1.51. The summed E-state index contributed by atoms with van der Waals surface area (Å²) in [5.74, 6) is -0.158. The summed E-state index contributed by atoms with van der Waals surface area (Å²) in [6, 6.07) is 14.0. The number of carbonyl (C=O) groups excluding carboxylic acids is 1. The van der Waals surface area contributed by atoms with Crippen LogP contribution in [0.5, 0.6) is 5.75 Å². The van der Waals surface area contributed by atoms with Crippen LogP contribution in [0.1, 0.15) is 0 Å². The Hall–Kier alpha value is -3.55. The maximum absolute atomic E-state index is 13.6. The minimum absolute atomic E-state index is 0.0683. The molecule has 1 amide bonds. The maximum atomic E-state index is 13.6. The number of anilines is 1. The second-order valence-electron chi connectivity index (χ2n) is 6.86. The smallest absolute Gasteiger partial charge is 0.260 e. The molecule has 4 rings (SSSR count). The van der Waals surface area contributed by atoms with E-state index in [0.717, 1.165) is 11.4 Å². The van der Waals surface area contributed by atoms with Gasteiger partial charge in [0.2, 0.25) is 0 Å². The Morgan fingerprint density at radius 1 is 0.967 bits per heavy atom. The van der Waals surface area contributed by atoms with Crippen molar-refractivity contribution < 1.29 is 18.3 Å². The van der Waals surface area contributed by atoms with E-state index in [1.165, 1.54) is 30.6 Å². The quantitative estimate of drug-likeness (QED) is 0.647. The Labute approximate surface area is 172 Å². The molecule has 0 N–H and O–H groups in total. The predicted molar refractivity (Wildman–Crippen MR) is 108 cm³/mol. The third-order valence-corrected chi connectivity index (χ3v) is 4.94. The van der Waals surface area contributed by atoms with Crippen molar-refractivity contribution in [3.05, 3.63) is 72.6 Å². The number of piperazine rings is 1. The van der Waals surface area contributed by atoms with E-state index in [0.29, 0.717) is 31.9 Å². The summed E-state index contributed by atoms with van der Waals surface area (Å²) in [6.07, 6.45) is 1.48. The van der Waals surface area contributed by atoms with Crippen LogP contribution in [0.4, 0.5) is 14.6 Å². The number of rotatable bonds is 5. The van der Waals surface area contributed by atoms with Gasteiger partial charge < -0.3 is 14.5 Å². The van der Waals surface area contributed by atoms with Crippen LogP contribution in [0.25, 0.3) is 11.3 Å². The lowest BCUT2D eigenvalue weighted by Gasteiger charge is -2.35. The lowest BCUT2D eigenvalue weighted by Crippen LogP contribution is -2.50. The number of para-hydroxylation sites is 1. The number of hydrogen-bond acceptors (Lipinski definition) is 5. The highest BCUT2D eigenvalue weighted by Gasteiger charge is 2.23. The third kappa shape index (κ3) is 4.53. The van der Waals surface area contributed by atoms with Crippen LogP contribution in [0.2, 0.25) is 0 Å². The van der Waals surface area contributed by atoms with Gasteiger partial charge in [0.25, 0.3) is 5.91 Å². The van der Waals surface area contributed by atoms with Gasteiger partial charge in [0.05, 0.1) is 5.69 Å². The van der Waals surface area contributed by atoms with E-state index in [-0.39, 0.29) is 24.1 Å². The Morgan fingerprint density at radius 3 is 2.43 bits per heavy atom. The number of aromatic nitrogens is 2. The van der Waals surface area contributed by atoms with Gasteiger partial charge in [-0.15, -0.1) is 0 Å². The summed E-state index contributed by atoms with van der Waals surface area (Å²) in [4.78, 5) is 24.8. The molecule has 1 aliphatic heterocycles. The van der Waals surface area contributed by atoms with Gasteiger partial charge in [0, 0.05) is 37.8 Å². The molecular formula is C22H20F2N4O2. The van der Waals surface area contributed by atoms with E-state index in [2.05, 4.69) is 14.9 Å². The fourth-order valence-electron chi connectivity index (χ4n) is 3.28. The van der Waals surface area contributed by atoms with Gasteiger partial charge in [-0.05, 0) is 36.4 Å². The first-order valence-corrected chi connectivity index (χ1v) is 9.58. The van der Waals surface area contributed by atoms with E-state index >= 15 is 0 Å². The Morgan fingerprint density at radius 2 is 1.70 bits per heavy atom. The van der Waals surface area contributed by atoms with Crippen LogP contribution in [0, 0.1) is 11.6 Å². The minimum Gasteiger partial charge on any atom is -0.481 e. The average molecular weight is 410 g/mol. The molecule has 0 aliphatic carbocycles. The summed E-state index contributed by atoms with van der Waals surface area (Å²) >= 11 is 0. The van der Waals surface area contributed by atoms with Gasteiger partial charge in [0.15, 0.2) is 18.2 Å². The number of carbonyl (C=O) groups is 1. The van der Waals surface area contributed by atoms with Gasteiger partial charge in [-0.3, -0.25) is 4.79 Å². The van der Waals surface area contributed by atoms with Gasteiger partial charge in [-0.25, -0.2) is 18.7 Å². The number of halogens is 2. The van der Waals surface area contributed by atoms with Crippen molar-refractivity contribution in [3.63, 3.8) is 0 Å². The topological polar surface area (TPSA) is 58.6 Å². The van der Waals surface area contributed by atoms with Crippen molar-refractivity contribution in [1.29, 1.82) is 0 Å². The van der Waals surface area contributed by atoms with Crippen molar-refractivity contribution in [2.75, 3.05) is 37.7 Å². The number of nitrogens with zero attached hydrogens (tertiary/aromatic N) is 4. The molecule has 0 bridgehead atoms. The molecule has 1 aliphatic rings. The second kappa shape index (κ2) is 8.86. The van der Waals surface area contributed by atoms with Crippen LogP contribution >= 0.6 is 0 Å². The Balaban J connectivity index is 1.34. The van der Waals surface area contributed by atoms with Crippen molar-refractivity contribution in [1.82, 2.24) is 14.9 Å². The summed E-state index contributed by atoms with van der Waals surface area (Å²) in [5, 5.41) is 0. The normalized spacial score (nSPS) is 13.9. The number of amides is 1. The molecule has 1 fully saturated rings. The van der Waals surface area contributed by atoms with Crippen molar-refractivity contribution >= 4 is 11.7 Å². The first-order chi connectivity index (χ1) is 14.6. The number of benzene rings is 2. The van der Waals surface area contributed by atoms with Crippen LogP contribution in [0.3, 0.4) is 0 Å². The molecule has 2 heterocycles. The number of hydrogen-bond donors (Lipinski definition) is 0. The zero-order valence-corrected chi connectivity index (χ0v) is 16.2. The maximum Gasteiger partial charge on any atom is 0.260 e. The molecule has 30 heavy (non-hydrogen) atoms. The third-order valence-electron chi connectivity index (χ3n) is 4.94. The minimum atomic E-state index is -0.490. The van der Waals surface area contributed by atoms with E-state index in [1.807, 2.05) is 6.07 Å². The van der Waals surface area contributed by atoms with Gasteiger partial charge in [-0.1, -0.05) is 12.1 Å². The molecule has 1 aromatic heterocycles. The van der Waals surface area contributed by atoms with E-state index < -0.39 is 5.82 Å². The van der Waals surface area contributed by atoms with Gasteiger partial charge >= 0.3 is 0 Å². The van der Waals surface area contributed by atoms with Crippen LogP contribution < -0.4 is 9.64 Å². The average Bonchev–Trinajstić information content (AvgIpc) is 2.79. The van der Waals surface area contributed by atoms with Crippen LogP contribution in [-0.4, -0.2) is 53.6 Å². The number of ether oxygens (including phenoxy) is 1. The zero-order chi connectivity index (χ0) is 20.9. The fraction of sp³-hybridized carbons (Fsp3) is 0.227. The van der Waals surface area contributed by atoms with E-state index in [1.54, 1.807) is 29.2 Å². The molecule has 1 saturated heterocycles. The van der Waals surface area contributed by atoms with Crippen LogP contribution in [-0.2, 0) is 4.79 Å². The zero-order valence-electron chi connectivity index (χ0n) is 16.2. The molecule has 0 atom stereocenters. The highest BCUT2D eigenvalue weighted by molar-refractivity contribution is 5.78. The molecule has 0 spiro atoms. The predicted octanol–water partition coefficient (Wildman–Crippen LogP) is 3.15. The highest BCUT2D eigenvalue weighted by atomic mass is 19.1. The molecule has 0 radical (unpaired) electrons. The highest BCUT2D eigenvalue weighted by Crippen LogP contribution is 2.22. The molecule has 3 aromatic rings. The van der Waals surface area contributed by atoms with E-state index in [4.69, 9.17) is 4.74 Å². The summed E-state index contributed by atoms with van der Waals surface area (Å²) in [6.45, 7) is 2.02. The lowest BCUT2D eigenvalue weighted by molar-refractivity contribution is -0.133. The van der Waals surface area contributed by atoms with Crippen molar-refractivity contribution in [2.45, 2.75) is 0 Å². The van der Waals surface area contributed by atoms with Crippen molar-refractivity contribution in [2.24, 2.45) is 0 Å². The summed E-state index contributed by atoms with van der Waals surface area (Å²) in [7, 11) is 0. The Kier molecular flexibility index (Phi) is 5.83. The largest absolute Gasteiger partial charge is 0.481 e. The van der Waals surface area contributed by atoms with E-state index in [9.17, 15) is 13.6 Å². The molecule has 6 nitrogen and oxygen atoms in total. The standard InChI is InChI=1S/C22H20F2N4O2/c23-17-7-5-16(6-8-17)19-13-21(26-15-25-19)27-9-11-28(12-10-27)22(29)14-30-20-4-2-1-3-18(20)24/h1-8,13,15H,9-12,14H2. The molecular weight excluding hydrogens is 390 g/mol. The monoisotopic (exact) mass is 410 g/mol. The summed E-state index contributed by atoms with van der Waals surface area (Å²) < 4.78 is 32.1. The fourth-order valence-corrected chi connectivity index (χ4v) is 3.28. The molecule has 0 unspecified atom stereocenters.